The molecule has 1 aromatic rings. The summed E-state index contributed by atoms with van der Waals surface area (Å²) in [5.41, 5.74) is 0. The molecular weight excluding hydrogens is 326 g/mol. The van der Waals surface area contributed by atoms with E-state index in [9.17, 15) is 8.42 Å². The number of halogens is 2. The van der Waals surface area contributed by atoms with Gasteiger partial charge in [-0.3, -0.25) is 0 Å². The summed E-state index contributed by atoms with van der Waals surface area (Å²) in [5.74, 6) is 0.600. The molecule has 1 fully saturated rings. The minimum atomic E-state index is -3.49. The van der Waals surface area contributed by atoms with Crippen LogP contribution >= 0.6 is 27.5 Å². The van der Waals surface area contributed by atoms with Gasteiger partial charge in [-0.2, -0.15) is 0 Å². The number of sulfonamides is 1. The molecule has 94 valence electrons. The van der Waals surface area contributed by atoms with Crippen LogP contribution in [0.4, 0.5) is 0 Å². The standard InChI is InChI=1S/C11H13BrClNO2S/c1-7-4-9(5-7)14-17(15,16)11-3-2-8(12)6-10(11)13/h2-3,6-7,9,14H,4-5H2,1H3. The number of rotatable bonds is 3. The molecule has 1 aromatic carbocycles. The van der Waals surface area contributed by atoms with Gasteiger partial charge in [-0.1, -0.05) is 34.5 Å². The second-order valence-corrected chi connectivity index (χ2v) is 7.47. The average molecular weight is 339 g/mol. The van der Waals surface area contributed by atoms with Crippen molar-refractivity contribution in [3.63, 3.8) is 0 Å². The maximum atomic E-state index is 12.1. The van der Waals surface area contributed by atoms with Crippen LogP contribution < -0.4 is 4.72 Å². The molecule has 0 bridgehead atoms. The summed E-state index contributed by atoms with van der Waals surface area (Å²) >= 11 is 9.19. The van der Waals surface area contributed by atoms with Gasteiger partial charge in [-0.15, -0.1) is 0 Å². The van der Waals surface area contributed by atoms with Crippen LogP contribution in [-0.2, 0) is 10.0 Å². The highest BCUT2D eigenvalue weighted by molar-refractivity contribution is 9.10. The highest BCUT2D eigenvalue weighted by Crippen LogP contribution is 2.30. The summed E-state index contributed by atoms with van der Waals surface area (Å²) < 4.78 is 27.6. The van der Waals surface area contributed by atoms with Gasteiger partial charge in [0, 0.05) is 10.5 Å². The number of benzene rings is 1. The first-order chi connectivity index (χ1) is 7.88. The number of hydrogen-bond donors (Lipinski definition) is 1. The lowest BCUT2D eigenvalue weighted by Crippen LogP contribution is -2.43. The maximum absolute atomic E-state index is 12.1. The molecule has 0 atom stereocenters. The molecular formula is C11H13BrClNO2S. The molecule has 0 spiro atoms. The molecule has 2 rings (SSSR count). The van der Waals surface area contributed by atoms with Crippen molar-refractivity contribution in [2.45, 2.75) is 30.7 Å². The van der Waals surface area contributed by atoms with Crippen molar-refractivity contribution in [2.75, 3.05) is 0 Å². The van der Waals surface area contributed by atoms with Gasteiger partial charge in [-0.25, -0.2) is 13.1 Å². The van der Waals surface area contributed by atoms with Crippen molar-refractivity contribution < 1.29 is 8.42 Å². The van der Waals surface area contributed by atoms with E-state index in [2.05, 4.69) is 27.6 Å². The van der Waals surface area contributed by atoms with Crippen LogP contribution in [0, 0.1) is 5.92 Å². The molecule has 0 amide bonds. The molecule has 1 N–H and O–H groups in total. The summed E-state index contributed by atoms with van der Waals surface area (Å²) in [6.45, 7) is 2.11. The van der Waals surface area contributed by atoms with Crippen LogP contribution in [0.2, 0.25) is 5.02 Å². The van der Waals surface area contributed by atoms with Gasteiger partial charge in [0.25, 0.3) is 0 Å². The Morgan fingerprint density at radius 2 is 2.06 bits per heavy atom. The van der Waals surface area contributed by atoms with E-state index in [1.54, 1.807) is 12.1 Å². The van der Waals surface area contributed by atoms with E-state index in [4.69, 9.17) is 11.6 Å². The fraction of sp³-hybridized carbons (Fsp3) is 0.455. The van der Waals surface area contributed by atoms with Crippen molar-refractivity contribution in [3.8, 4) is 0 Å². The van der Waals surface area contributed by atoms with Gasteiger partial charge in [0.2, 0.25) is 10.0 Å². The Hall–Kier alpha value is -0.100. The summed E-state index contributed by atoms with van der Waals surface area (Å²) in [7, 11) is -3.49. The molecule has 1 aliphatic rings. The summed E-state index contributed by atoms with van der Waals surface area (Å²) in [6.07, 6.45) is 1.79. The van der Waals surface area contributed by atoms with Gasteiger partial charge in [0.15, 0.2) is 0 Å². The fourth-order valence-corrected chi connectivity index (χ4v) is 4.27. The van der Waals surface area contributed by atoms with E-state index in [0.29, 0.717) is 5.92 Å². The van der Waals surface area contributed by atoms with E-state index in [-0.39, 0.29) is 16.0 Å². The average Bonchev–Trinajstić information content (AvgIpc) is 2.14. The molecule has 0 heterocycles. The minimum Gasteiger partial charge on any atom is -0.208 e. The molecule has 3 nitrogen and oxygen atoms in total. The lowest BCUT2D eigenvalue weighted by molar-refractivity contribution is 0.270. The molecule has 17 heavy (non-hydrogen) atoms. The number of hydrogen-bond acceptors (Lipinski definition) is 2. The van der Waals surface area contributed by atoms with Gasteiger partial charge in [0.1, 0.15) is 4.90 Å². The van der Waals surface area contributed by atoms with Crippen LogP contribution in [0.3, 0.4) is 0 Å². The SMILES string of the molecule is CC1CC(NS(=O)(=O)c2ccc(Br)cc2Cl)C1. The van der Waals surface area contributed by atoms with Crippen LogP contribution in [-0.4, -0.2) is 14.5 Å². The van der Waals surface area contributed by atoms with Crippen LogP contribution in [0.15, 0.2) is 27.6 Å². The van der Waals surface area contributed by atoms with Crippen LogP contribution in [0.5, 0.6) is 0 Å². The smallest absolute Gasteiger partial charge is 0.208 e. The van der Waals surface area contributed by atoms with E-state index < -0.39 is 10.0 Å². The van der Waals surface area contributed by atoms with Crippen molar-refractivity contribution >= 4 is 37.6 Å². The normalized spacial score (nSPS) is 24.4. The Kier molecular flexibility index (Phi) is 3.83. The van der Waals surface area contributed by atoms with Gasteiger partial charge in [0.05, 0.1) is 5.02 Å². The Labute approximate surface area is 115 Å². The second kappa shape index (κ2) is 4.88. The molecule has 0 aliphatic heterocycles. The molecule has 6 heteroatoms. The Morgan fingerprint density at radius 1 is 1.41 bits per heavy atom. The summed E-state index contributed by atoms with van der Waals surface area (Å²) in [6, 6.07) is 4.81. The Morgan fingerprint density at radius 3 is 2.59 bits per heavy atom. The topological polar surface area (TPSA) is 46.2 Å². The highest BCUT2D eigenvalue weighted by atomic mass is 79.9. The molecule has 0 aromatic heterocycles. The lowest BCUT2D eigenvalue weighted by atomic mass is 9.83. The van der Waals surface area contributed by atoms with Crippen molar-refractivity contribution in [2.24, 2.45) is 5.92 Å². The first-order valence-electron chi connectivity index (χ1n) is 5.36. The van der Waals surface area contributed by atoms with E-state index >= 15 is 0 Å². The van der Waals surface area contributed by atoms with Gasteiger partial charge in [-0.05, 0) is 37.0 Å². The Balaban J connectivity index is 2.20. The molecule has 0 saturated heterocycles. The first kappa shape index (κ1) is 13.3. The van der Waals surface area contributed by atoms with E-state index in [1.165, 1.54) is 6.07 Å². The lowest BCUT2D eigenvalue weighted by Gasteiger charge is -2.32. The van der Waals surface area contributed by atoms with Crippen LogP contribution in [0.25, 0.3) is 0 Å². The summed E-state index contributed by atoms with van der Waals surface area (Å²) in [4.78, 5) is 0.141. The third-order valence-corrected chi connectivity index (χ3v) is 5.38. The zero-order valence-electron chi connectivity index (χ0n) is 9.28. The summed E-state index contributed by atoms with van der Waals surface area (Å²) in [5, 5.41) is 0.235. The first-order valence-corrected chi connectivity index (χ1v) is 8.01. The van der Waals surface area contributed by atoms with Crippen molar-refractivity contribution in [1.82, 2.24) is 4.72 Å². The molecule has 0 unspecified atom stereocenters. The maximum Gasteiger partial charge on any atom is 0.242 e. The fourth-order valence-electron chi connectivity index (χ4n) is 1.97. The predicted octanol–water partition coefficient (Wildman–Crippen LogP) is 3.18. The Bertz CT molecular complexity index is 526. The minimum absolute atomic E-state index is 0.0507. The van der Waals surface area contributed by atoms with Gasteiger partial charge >= 0.3 is 0 Å². The largest absolute Gasteiger partial charge is 0.242 e. The van der Waals surface area contributed by atoms with Crippen LogP contribution in [0.1, 0.15) is 19.8 Å². The zero-order valence-corrected chi connectivity index (χ0v) is 12.4. The molecule has 1 saturated carbocycles. The van der Waals surface area contributed by atoms with E-state index in [1.807, 2.05) is 0 Å². The molecule has 0 radical (unpaired) electrons. The van der Waals surface area contributed by atoms with Gasteiger partial charge < -0.3 is 0 Å². The quantitative estimate of drug-likeness (QED) is 0.920. The second-order valence-electron chi connectivity index (χ2n) is 4.47. The monoisotopic (exact) mass is 337 g/mol. The predicted molar refractivity (Wildman–Crippen MR) is 71.7 cm³/mol. The van der Waals surface area contributed by atoms with Crippen molar-refractivity contribution in [1.29, 1.82) is 0 Å². The highest BCUT2D eigenvalue weighted by Gasteiger charge is 2.30. The zero-order chi connectivity index (χ0) is 12.6. The molecule has 1 aliphatic carbocycles. The number of nitrogens with one attached hydrogen (secondary N) is 1. The van der Waals surface area contributed by atoms with Crippen molar-refractivity contribution in [3.05, 3.63) is 27.7 Å². The third-order valence-electron chi connectivity index (χ3n) is 2.88. The van der Waals surface area contributed by atoms with E-state index in [0.717, 1.165) is 17.3 Å². The third kappa shape index (κ3) is 3.02.